The van der Waals surface area contributed by atoms with Crippen molar-refractivity contribution in [3.63, 3.8) is 0 Å². The number of hydrogen-bond donors (Lipinski definition) is 1. The summed E-state index contributed by atoms with van der Waals surface area (Å²) in [7, 11) is -0.436. The first kappa shape index (κ1) is 14.9. The van der Waals surface area contributed by atoms with Crippen molar-refractivity contribution in [3.05, 3.63) is 29.8 Å². The van der Waals surface area contributed by atoms with E-state index in [1.54, 1.807) is 24.3 Å². The summed E-state index contributed by atoms with van der Waals surface area (Å²) in [5.74, 6) is 0.517. The molecule has 18 heavy (non-hydrogen) atoms. The Morgan fingerprint density at radius 2 is 2.17 bits per heavy atom. The predicted molar refractivity (Wildman–Crippen MR) is 75.0 cm³/mol. The van der Waals surface area contributed by atoms with Gasteiger partial charge >= 0.3 is 0 Å². The fourth-order valence-electron chi connectivity index (χ4n) is 1.40. The molecule has 0 aliphatic carbocycles. The summed E-state index contributed by atoms with van der Waals surface area (Å²) in [6.07, 6.45) is 0. The van der Waals surface area contributed by atoms with Crippen molar-refractivity contribution in [1.82, 2.24) is 4.31 Å². The van der Waals surface area contributed by atoms with Gasteiger partial charge in [0.2, 0.25) is 10.0 Å². The summed E-state index contributed by atoms with van der Waals surface area (Å²) < 4.78 is 30.2. The fraction of sp³-hybridized carbons (Fsp3) is 0.364. The van der Waals surface area contributed by atoms with E-state index in [0.717, 1.165) is 4.31 Å². The highest BCUT2D eigenvalue weighted by atomic mass is 32.2. The maximum Gasteiger partial charge on any atom is 0.218 e. The minimum Gasteiger partial charge on any atom is -0.497 e. The van der Waals surface area contributed by atoms with Crippen LogP contribution in [0.1, 0.15) is 5.56 Å². The third-order valence-corrected chi connectivity index (χ3v) is 4.24. The number of methoxy groups -OCH3 is 1. The molecule has 0 bridgehead atoms. The molecule has 0 saturated heterocycles. The van der Waals surface area contributed by atoms with Crippen LogP contribution in [-0.2, 0) is 15.8 Å². The molecular weight excluding hydrogens is 272 g/mol. The van der Waals surface area contributed by atoms with Gasteiger partial charge in [0.25, 0.3) is 0 Å². The number of nitrogens with zero attached hydrogens (tertiary/aromatic N) is 1. The van der Waals surface area contributed by atoms with Crippen molar-refractivity contribution in [2.75, 3.05) is 20.7 Å². The molecule has 5 nitrogen and oxygen atoms in total. The highest BCUT2D eigenvalue weighted by Gasteiger charge is 2.19. The number of sulfonamides is 1. The van der Waals surface area contributed by atoms with Crippen LogP contribution in [0.2, 0.25) is 0 Å². The smallest absolute Gasteiger partial charge is 0.218 e. The number of benzene rings is 1. The second kappa shape index (κ2) is 6.12. The van der Waals surface area contributed by atoms with Crippen molar-refractivity contribution < 1.29 is 13.2 Å². The van der Waals surface area contributed by atoms with E-state index in [2.05, 4.69) is 0 Å². The zero-order valence-electron chi connectivity index (χ0n) is 10.3. The van der Waals surface area contributed by atoms with Gasteiger partial charge in [0, 0.05) is 7.05 Å². The fourth-order valence-corrected chi connectivity index (χ4v) is 2.83. The lowest BCUT2D eigenvalue weighted by Crippen LogP contribution is -2.35. The summed E-state index contributed by atoms with van der Waals surface area (Å²) >= 11 is 4.70. The van der Waals surface area contributed by atoms with E-state index in [0.29, 0.717) is 11.3 Å². The van der Waals surface area contributed by atoms with Crippen LogP contribution in [0, 0.1) is 0 Å². The zero-order valence-corrected chi connectivity index (χ0v) is 11.9. The molecule has 2 N–H and O–H groups in total. The van der Waals surface area contributed by atoms with Crippen LogP contribution < -0.4 is 10.5 Å². The van der Waals surface area contributed by atoms with Gasteiger partial charge in [0.05, 0.1) is 24.4 Å². The normalized spacial score (nSPS) is 11.5. The van der Waals surface area contributed by atoms with Gasteiger partial charge in [0.15, 0.2) is 0 Å². The molecule has 1 rings (SSSR count). The molecule has 0 spiro atoms. The molecule has 100 valence electrons. The third kappa shape index (κ3) is 4.25. The maximum absolute atomic E-state index is 12.0. The van der Waals surface area contributed by atoms with Crippen LogP contribution >= 0.6 is 12.2 Å². The zero-order chi connectivity index (χ0) is 13.8. The number of nitrogens with two attached hydrogens (primary N) is 1. The lowest BCUT2D eigenvalue weighted by molar-refractivity contribution is 0.414. The van der Waals surface area contributed by atoms with E-state index in [9.17, 15) is 8.42 Å². The molecule has 7 heteroatoms. The molecule has 0 fully saturated rings. The van der Waals surface area contributed by atoms with Crippen LogP contribution in [0.15, 0.2) is 24.3 Å². The first-order valence-corrected chi connectivity index (χ1v) is 7.22. The van der Waals surface area contributed by atoms with Gasteiger partial charge in [-0.2, -0.15) is 4.31 Å². The van der Waals surface area contributed by atoms with Crippen molar-refractivity contribution in [1.29, 1.82) is 0 Å². The second-order valence-corrected chi connectivity index (χ2v) is 6.43. The molecule has 0 aliphatic heterocycles. The van der Waals surface area contributed by atoms with E-state index < -0.39 is 10.0 Å². The number of rotatable bonds is 6. The minimum absolute atomic E-state index is 0.0433. The van der Waals surface area contributed by atoms with Crippen LogP contribution in [0.25, 0.3) is 0 Å². The van der Waals surface area contributed by atoms with E-state index in [-0.39, 0.29) is 17.3 Å². The molecule has 0 saturated carbocycles. The van der Waals surface area contributed by atoms with E-state index in [1.807, 2.05) is 0 Å². The van der Waals surface area contributed by atoms with Crippen molar-refractivity contribution in [2.24, 2.45) is 5.73 Å². The van der Waals surface area contributed by atoms with Crippen molar-refractivity contribution in [3.8, 4) is 5.75 Å². The van der Waals surface area contributed by atoms with E-state index >= 15 is 0 Å². The van der Waals surface area contributed by atoms with Gasteiger partial charge in [-0.15, -0.1) is 0 Å². The second-order valence-electron chi connectivity index (χ2n) is 3.83. The topological polar surface area (TPSA) is 72.6 Å². The highest BCUT2D eigenvalue weighted by molar-refractivity contribution is 7.88. The maximum atomic E-state index is 12.0. The first-order valence-electron chi connectivity index (χ1n) is 5.20. The molecule has 1 aromatic carbocycles. The van der Waals surface area contributed by atoms with Gasteiger partial charge < -0.3 is 10.5 Å². The van der Waals surface area contributed by atoms with Crippen LogP contribution in [0.5, 0.6) is 5.75 Å². The number of thiocarbonyl (C=S) groups is 1. The summed E-state index contributed by atoms with van der Waals surface area (Å²) in [5.41, 5.74) is 5.99. The van der Waals surface area contributed by atoms with Crippen LogP contribution in [0.4, 0.5) is 0 Å². The summed E-state index contributed by atoms with van der Waals surface area (Å²) in [6.45, 7) is 0.0433. The van der Waals surface area contributed by atoms with Crippen LogP contribution in [0.3, 0.4) is 0 Å². The van der Waals surface area contributed by atoms with Gasteiger partial charge in [-0.3, -0.25) is 0 Å². The molecule has 0 aromatic heterocycles. The van der Waals surface area contributed by atoms with Gasteiger partial charge in [0.1, 0.15) is 5.75 Å². The molecule has 1 aromatic rings. The Labute approximate surface area is 113 Å². The van der Waals surface area contributed by atoms with Crippen LogP contribution in [-0.4, -0.2) is 38.4 Å². The quantitative estimate of drug-likeness (QED) is 0.782. The van der Waals surface area contributed by atoms with E-state index in [1.165, 1.54) is 14.2 Å². The number of likely N-dealkylation sites (N-methyl/N-ethyl adjacent to an activating group) is 1. The Hall–Kier alpha value is -1.18. The van der Waals surface area contributed by atoms with Crippen molar-refractivity contribution in [2.45, 2.75) is 5.75 Å². The van der Waals surface area contributed by atoms with E-state index in [4.69, 9.17) is 22.7 Å². The summed E-state index contributed by atoms with van der Waals surface area (Å²) in [5, 5.41) is 0. The molecule has 0 aliphatic rings. The Morgan fingerprint density at radius 3 is 2.72 bits per heavy atom. The first-order chi connectivity index (χ1) is 8.35. The average Bonchev–Trinajstić information content (AvgIpc) is 2.27. The Balaban J connectivity index is 2.84. The number of hydrogen-bond acceptors (Lipinski definition) is 4. The summed E-state index contributed by atoms with van der Waals surface area (Å²) in [6, 6.07) is 6.92. The Morgan fingerprint density at radius 1 is 1.50 bits per heavy atom. The van der Waals surface area contributed by atoms with Gasteiger partial charge in [-0.25, -0.2) is 8.42 Å². The highest BCUT2D eigenvalue weighted by Crippen LogP contribution is 2.16. The average molecular weight is 288 g/mol. The Kier molecular flexibility index (Phi) is 5.06. The molecular formula is C11H16N2O3S2. The monoisotopic (exact) mass is 288 g/mol. The lowest BCUT2D eigenvalue weighted by Gasteiger charge is -2.16. The molecule has 0 amide bonds. The molecule has 0 heterocycles. The standard InChI is InChI=1S/C11H16N2O3S2/c1-13(7-11(12)17)18(14,15)8-9-4-3-5-10(6-9)16-2/h3-6H,7-8H2,1-2H3,(H2,12,17). The largest absolute Gasteiger partial charge is 0.497 e. The Bertz CT molecular complexity index is 529. The van der Waals surface area contributed by atoms with Gasteiger partial charge in [-0.1, -0.05) is 24.4 Å². The SMILES string of the molecule is COc1cccc(CS(=O)(=O)N(C)CC(N)=S)c1. The third-order valence-electron chi connectivity index (χ3n) is 2.34. The molecule has 0 radical (unpaired) electrons. The molecule has 0 unspecified atom stereocenters. The predicted octanol–water partition coefficient (Wildman–Crippen LogP) is 0.743. The van der Waals surface area contributed by atoms with Gasteiger partial charge in [-0.05, 0) is 17.7 Å². The lowest BCUT2D eigenvalue weighted by atomic mass is 10.2. The van der Waals surface area contributed by atoms with Crippen molar-refractivity contribution >= 4 is 27.2 Å². The molecule has 0 atom stereocenters. The minimum atomic E-state index is -3.42. The summed E-state index contributed by atoms with van der Waals surface area (Å²) in [4.78, 5) is 0.145. The number of ether oxygens (including phenoxy) is 1.